The van der Waals surface area contributed by atoms with Gasteiger partial charge in [-0.15, -0.1) is 0 Å². The first-order chi connectivity index (χ1) is 12.9. The van der Waals surface area contributed by atoms with E-state index in [2.05, 4.69) is 77.3 Å². The Morgan fingerprint density at radius 3 is 2.41 bits per heavy atom. The highest BCUT2D eigenvalue weighted by Crippen LogP contribution is 2.18. The number of rotatable bonds is 5. The van der Waals surface area contributed by atoms with Gasteiger partial charge in [0.25, 0.3) is 0 Å². The Hall–Kier alpha value is -2.40. The molecular formula is C22H31N5. The van der Waals surface area contributed by atoms with Crippen LogP contribution in [0.25, 0.3) is 6.08 Å². The molecule has 5 heteroatoms. The van der Waals surface area contributed by atoms with Crippen molar-refractivity contribution in [2.75, 3.05) is 42.9 Å². The van der Waals surface area contributed by atoms with E-state index in [0.29, 0.717) is 0 Å². The summed E-state index contributed by atoms with van der Waals surface area (Å²) in [5, 5.41) is 3.46. The predicted molar refractivity (Wildman–Crippen MR) is 114 cm³/mol. The Kier molecular flexibility index (Phi) is 6.11. The predicted octanol–water partition coefficient (Wildman–Crippen LogP) is 3.83. The van der Waals surface area contributed by atoms with Gasteiger partial charge in [0.05, 0.1) is 0 Å². The zero-order valence-corrected chi connectivity index (χ0v) is 16.9. The molecule has 1 saturated heterocycles. The monoisotopic (exact) mass is 365 g/mol. The van der Waals surface area contributed by atoms with Crippen LogP contribution < -0.4 is 10.2 Å². The molecule has 0 unspecified atom stereocenters. The van der Waals surface area contributed by atoms with Gasteiger partial charge in [0.1, 0.15) is 5.82 Å². The number of benzene rings is 1. The molecule has 1 N–H and O–H groups in total. The van der Waals surface area contributed by atoms with Crippen molar-refractivity contribution >= 4 is 17.8 Å². The van der Waals surface area contributed by atoms with Crippen LogP contribution in [0.1, 0.15) is 32.0 Å². The van der Waals surface area contributed by atoms with E-state index in [0.717, 1.165) is 50.2 Å². The van der Waals surface area contributed by atoms with Crippen LogP contribution in [0.15, 0.2) is 42.5 Å². The lowest BCUT2D eigenvalue weighted by Crippen LogP contribution is -2.47. The molecule has 1 aromatic heterocycles. The van der Waals surface area contributed by atoms with E-state index in [1.54, 1.807) is 0 Å². The summed E-state index contributed by atoms with van der Waals surface area (Å²) in [5.41, 5.74) is 2.24. The summed E-state index contributed by atoms with van der Waals surface area (Å²) >= 11 is 0. The topological polar surface area (TPSA) is 44.3 Å². The highest BCUT2D eigenvalue weighted by Gasteiger charge is 2.20. The molecule has 2 aromatic rings. The van der Waals surface area contributed by atoms with E-state index in [1.165, 1.54) is 5.56 Å². The lowest BCUT2D eigenvalue weighted by Gasteiger charge is -2.34. The minimum atomic E-state index is -0.0121. The zero-order valence-electron chi connectivity index (χ0n) is 16.9. The maximum Gasteiger partial charge on any atom is 0.227 e. The molecule has 0 aliphatic carbocycles. The molecule has 1 aliphatic heterocycles. The maximum atomic E-state index is 4.74. The van der Waals surface area contributed by atoms with Gasteiger partial charge >= 0.3 is 0 Å². The molecule has 0 amide bonds. The van der Waals surface area contributed by atoms with Crippen molar-refractivity contribution in [2.24, 2.45) is 0 Å². The Balaban J connectivity index is 1.55. The normalized spacial score (nSPS) is 16.1. The van der Waals surface area contributed by atoms with E-state index in [4.69, 9.17) is 4.98 Å². The van der Waals surface area contributed by atoms with Crippen LogP contribution in [0.2, 0.25) is 0 Å². The fourth-order valence-corrected chi connectivity index (χ4v) is 3.18. The average Bonchev–Trinajstić information content (AvgIpc) is 2.61. The van der Waals surface area contributed by atoms with E-state index < -0.39 is 0 Å². The third-order valence-corrected chi connectivity index (χ3v) is 4.47. The summed E-state index contributed by atoms with van der Waals surface area (Å²) in [6.45, 7) is 13.4. The van der Waals surface area contributed by atoms with E-state index in [1.807, 2.05) is 19.1 Å². The maximum absolute atomic E-state index is 4.74. The molecule has 27 heavy (non-hydrogen) atoms. The molecule has 0 bridgehead atoms. The van der Waals surface area contributed by atoms with Crippen molar-refractivity contribution in [3.05, 3.63) is 53.7 Å². The van der Waals surface area contributed by atoms with Gasteiger partial charge in [0, 0.05) is 50.0 Å². The largest absolute Gasteiger partial charge is 0.365 e. The minimum Gasteiger partial charge on any atom is -0.365 e. The second-order valence-corrected chi connectivity index (χ2v) is 8.17. The van der Waals surface area contributed by atoms with E-state index in [9.17, 15) is 0 Å². The molecule has 0 spiro atoms. The Bertz CT molecular complexity index is 756. The van der Waals surface area contributed by atoms with Crippen LogP contribution in [0.3, 0.4) is 0 Å². The number of piperazine rings is 1. The first kappa shape index (κ1) is 19.4. The van der Waals surface area contributed by atoms with Gasteiger partial charge in [0.2, 0.25) is 5.95 Å². The molecule has 1 fully saturated rings. The van der Waals surface area contributed by atoms with Gasteiger partial charge in [0.15, 0.2) is 0 Å². The zero-order chi connectivity index (χ0) is 19.3. The molecule has 5 nitrogen and oxygen atoms in total. The molecule has 2 heterocycles. The smallest absolute Gasteiger partial charge is 0.227 e. The van der Waals surface area contributed by atoms with Gasteiger partial charge in [-0.25, -0.2) is 4.98 Å². The number of hydrogen-bond donors (Lipinski definition) is 1. The van der Waals surface area contributed by atoms with Crippen LogP contribution in [0.4, 0.5) is 11.8 Å². The van der Waals surface area contributed by atoms with Crippen LogP contribution in [0.5, 0.6) is 0 Å². The second-order valence-electron chi connectivity index (χ2n) is 8.17. The lowest BCUT2D eigenvalue weighted by molar-refractivity contribution is 0.283. The first-order valence-electron chi connectivity index (χ1n) is 9.72. The molecule has 1 aliphatic rings. The Labute approximate surface area is 163 Å². The third kappa shape index (κ3) is 6.07. The van der Waals surface area contributed by atoms with E-state index in [-0.39, 0.29) is 5.54 Å². The first-order valence-corrected chi connectivity index (χ1v) is 9.72. The fourth-order valence-electron chi connectivity index (χ4n) is 3.18. The van der Waals surface area contributed by atoms with Gasteiger partial charge < -0.3 is 10.2 Å². The SMILES string of the molecule is Cc1cc(NC(C)(C)C)nc(N2CCN(C/C=C/c3ccccc3)CC2)n1. The summed E-state index contributed by atoms with van der Waals surface area (Å²) < 4.78 is 0. The third-order valence-electron chi connectivity index (χ3n) is 4.47. The average molecular weight is 366 g/mol. The summed E-state index contributed by atoms with van der Waals surface area (Å²) in [5.74, 6) is 1.74. The fraction of sp³-hybridized carbons (Fsp3) is 0.455. The quantitative estimate of drug-likeness (QED) is 0.872. The number of nitrogens with one attached hydrogen (secondary N) is 1. The van der Waals surface area contributed by atoms with Crippen LogP contribution in [-0.2, 0) is 0 Å². The summed E-state index contributed by atoms with van der Waals surface area (Å²) in [7, 11) is 0. The van der Waals surface area contributed by atoms with Crippen LogP contribution in [-0.4, -0.2) is 53.1 Å². The standard InChI is InChI=1S/C22H31N5/c1-18-17-20(25-22(2,3)4)24-21(23-18)27-15-13-26(14-16-27)12-8-11-19-9-6-5-7-10-19/h5-11,17H,12-16H2,1-4H3,(H,23,24,25)/b11-8+. The highest BCUT2D eigenvalue weighted by molar-refractivity contribution is 5.49. The summed E-state index contributed by atoms with van der Waals surface area (Å²) in [6.07, 6.45) is 4.44. The van der Waals surface area contributed by atoms with Crippen molar-refractivity contribution in [3.63, 3.8) is 0 Å². The van der Waals surface area contributed by atoms with Crippen LogP contribution in [0, 0.1) is 6.92 Å². The number of nitrogens with zero attached hydrogens (tertiary/aromatic N) is 4. The van der Waals surface area contributed by atoms with Gasteiger partial charge in [-0.1, -0.05) is 42.5 Å². The van der Waals surface area contributed by atoms with Crippen LogP contribution >= 0.6 is 0 Å². The van der Waals surface area contributed by atoms with Crippen molar-refractivity contribution < 1.29 is 0 Å². The number of aryl methyl sites for hydroxylation is 1. The van der Waals surface area contributed by atoms with Crippen molar-refractivity contribution in [1.82, 2.24) is 14.9 Å². The molecule has 0 radical (unpaired) electrons. The van der Waals surface area contributed by atoms with Gasteiger partial charge in [-0.3, -0.25) is 4.90 Å². The minimum absolute atomic E-state index is 0.0121. The molecule has 1 aromatic carbocycles. The summed E-state index contributed by atoms with van der Waals surface area (Å²) in [6, 6.07) is 12.5. The highest BCUT2D eigenvalue weighted by atomic mass is 15.3. The number of hydrogen-bond acceptors (Lipinski definition) is 5. The molecule has 0 atom stereocenters. The lowest BCUT2D eigenvalue weighted by atomic mass is 10.1. The van der Waals surface area contributed by atoms with Gasteiger partial charge in [-0.2, -0.15) is 4.98 Å². The van der Waals surface area contributed by atoms with Crippen molar-refractivity contribution in [2.45, 2.75) is 33.2 Å². The van der Waals surface area contributed by atoms with E-state index >= 15 is 0 Å². The Morgan fingerprint density at radius 1 is 1.04 bits per heavy atom. The number of aromatic nitrogens is 2. The Morgan fingerprint density at radius 2 is 1.74 bits per heavy atom. The van der Waals surface area contributed by atoms with Gasteiger partial charge in [-0.05, 0) is 33.3 Å². The molecule has 3 rings (SSSR count). The van der Waals surface area contributed by atoms with Crippen molar-refractivity contribution in [1.29, 1.82) is 0 Å². The van der Waals surface area contributed by atoms with Crippen molar-refractivity contribution in [3.8, 4) is 0 Å². The second kappa shape index (κ2) is 8.53. The number of anilines is 2. The molecule has 0 saturated carbocycles. The molecule has 144 valence electrons. The molecular weight excluding hydrogens is 334 g/mol. The summed E-state index contributed by atoms with van der Waals surface area (Å²) in [4.78, 5) is 14.2.